The first kappa shape index (κ1) is 25.3. The van der Waals surface area contributed by atoms with Gasteiger partial charge in [0.05, 0.1) is 4.90 Å². The summed E-state index contributed by atoms with van der Waals surface area (Å²) in [5.74, 6) is 0.0105. The van der Waals surface area contributed by atoms with Crippen molar-refractivity contribution in [1.82, 2.24) is 14.5 Å². The zero-order valence-electron chi connectivity index (χ0n) is 19.4. The molecule has 1 aromatic carbocycles. The highest BCUT2D eigenvalue weighted by molar-refractivity contribution is 7.89. The van der Waals surface area contributed by atoms with Crippen LogP contribution in [-0.2, 0) is 14.8 Å². The number of nitrogens with one attached hydrogen (secondary N) is 1. The maximum Gasteiger partial charge on any atom is 0.251 e. The van der Waals surface area contributed by atoms with E-state index in [0.29, 0.717) is 32.1 Å². The molecule has 0 saturated carbocycles. The highest BCUT2D eigenvalue weighted by atomic mass is 32.2. The third-order valence-corrected chi connectivity index (χ3v) is 8.03. The van der Waals surface area contributed by atoms with E-state index >= 15 is 0 Å². The molecule has 2 amide bonds. The molecule has 1 heterocycles. The standard InChI is InChI=1S/C23H37N3O4S/c1-6-26(7-2)31(29,30)20-12-8-11-19(16-20)22(27)24-21(17(3)4)23(28)25-14-9-10-18(5)13-15-25/h8,11-12,16-18,21H,6-7,9-10,13-15H2,1-5H3,(H,24,27). The lowest BCUT2D eigenvalue weighted by molar-refractivity contribution is -0.134. The molecular weight excluding hydrogens is 414 g/mol. The Balaban J connectivity index is 2.20. The first-order chi connectivity index (χ1) is 14.6. The Morgan fingerprint density at radius 3 is 2.45 bits per heavy atom. The average Bonchev–Trinajstić information content (AvgIpc) is 2.96. The lowest BCUT2D eigenvalue weighted by Crippen LogP contribution is -2.51. The number of likely N-dealkylation sites (tertiary alicyclic amines) is 1. The Bertz CT molecular complexity index is 865. The van der Waals surface area contributed by atoms with Gasteiger partial charge in [0.2, 0.25) is 15.9 Å². The minimum Gasteiger partial charge on any atom is -0.341 e. The molecule has 1 aliphatic heterocycles. The van der Waals surface area contributed by atoms with Gasteiger partial charge in [0.1, 0.15) is 6.04 Å². The summed E-state index contributed by atoms with van der Waals surface area (Å²) in [6.45, 7) is 11.7. The average molecular weight is 452 g/mol. The second-order valence-corrected chi connectivity index (χ2v) is 10.6. The number of hydrogen-bond donors (Lipinski definition) is 1. The van der Waals surface area contributed by atoms with Crippen LogP contribution in [0.1, 0.15) is 64.2 Å². The highest BCUT2D eigenvalue weighted by Gasteiger charge is 2.30. The van der Waals surface area contributed by atoms with Crippen LogP contribution in [0.3, 0.4) is 0 Å². The van der Waals surface area contributed by atoms with Crippen molar-refractivity contribution in [1.29, 1.82) is 0 Å². The van der Waals surface area contributed by atoms with Gasteiger partial charge < -0.3 is 10.2 Å². The molecule has 0 spiro atoms. The van der Waals surface area contributed by atoms with Gasteiger partial charge in [-0.05, 0) is 49.3 Å². The number of sulfonamides is 1. The van der Waals surface area contributed by atoms with E-state index in [0.717, 1.165) is 19.3 Å². The molecule has 8 heteroatoms. The van der Waals surface area contributed by atoms with Gasteiger partial charge in [0.15, 0.2) is 0 Å². The van der Waals surface area contributed by atoms with Crippen LogP contribution < -0.4 is 5.32 Å². The van der Waals surface area contributed by atoms with Gasteiger partial charge >= 0.3 is 0 Å². The molecule has 31 heavy (non-hydrogen) atoms. The normalized spacial score (nSPS) is 18.7. The predicted octanol–water partition coefficient (Wildman–Crippen LogP) is 3.12. The van der Waals surface area contributed by atoms with E-state index < -0.39 is 22.0 Å². The van der Waals surface area contributed by atoms with Crippen molar-refractivity contribution >= 4 is 21.8 Å². The van der Waals surface area contributed by atoms with Gasteiger partial charge in [-0.2, -0.15) is 4.31 Å². The summed E-state index contributed by atoms with van der Waals surface area (Å²) in [5.41, 5.74) is 0.233. The summed E-state index contributed by atoms with van der Waals surface area (Å²) < 4.78 is 27.0. The molecule has 1 N–H and O–H groups in total. The van der Waals surface area contributed by atoms with E-state index in [2.05, 4.69) is 12.2 Å². The van der Waals surface area contributed by atoms with Crippen molar-refractivity contribution in [2.45, 2.75) is 64.8 Å². The SMILES string of the molecule is CCN(CC)S(=O)(=O)c1cccc(C(=O)NC(C(=O)N2CCCC(C)CC2)C(C)C)c1. The molecule has 1 aliphatic rings. The minimum atomic E-state index is -3.67. The maximum atomic E-state index is 13.2. The number of benzene rings is 1. The number of carbonyl (C=O) groups excluding carboxylic acids is 2. The molecule has 2 rings (SSSR count). The van der Waals surface area contributed by atoms with Crippen LogP contribution in [0.25, 0.3) is 0 Å². The fraction of sp³-hybridized carbons (Fsp3) is 0.652. The lowest BCUT2D eigenvalue weighted by Gasteiger charge is -2.29. The Morgan fingerprint density at radius 2 is 1.84 bits per heavy atom. The Morgan fingerprint density at radius 1 is 1.16 bits per heavy atom. The summed E-state index contributed by atoms with van der Waals surface area (Å²) in [6, 6.07) is 5.37. The van der Waals surface area contributed by atoms with Gasteiger partial charge in [-0.15, -0.1) is 0 Å². The molecule has 7 nitrogen and oxygen atoms in total. The molecular formula is C23H37N3O4S. The van der Waals surface area contributed by atoms with Crippen molar-refractivity contribution in [3.63, 3.8) is 0 Å². The monoisotopic (exact) mass is 451 g/mol. The summed E-state index contributed by atoms with van der Waals surface area (Å²) in [6.07, 6.45) is 3.04. The Hall–Kier alpha value is -1.93. The van der Waals surface area contributed by atoms with Crippen LogP contribution in [-0.4, -0.2) is 61.7 Å². The molecule has 174 valence electrons. The van der Waals surface area contributed by atoms with Crippen LogP contribution in [0, 0.1) is 11.8 Å². The summed E-state index contributed by atoms with van der Waals surface area (Å²) >= 11 is 0. The first-order valence-electron chi connectivity index (χ1n) is 11.3. The number of hydrogen-bond acceptors (Lipinski definition) is 4. The smallest absolute Gasteiger partial charge is 0.251 e. The van der Waals surface area contributed by atoms with E-state index in [-0.39, 0.29) is 22.3 Å². The number of nitrogens with zero attached hydrogens (tertiary/aromatic N) is 2. The lowest BCUT2D eigenvalue weighted by atomic mass is 10.0. The second-order valence-electron chi connectivity index (χ2n) is 8.67. The van der Waals surface area contributed by atoms with Gasteiger partial charge in [0, 0.05) is 31.7 Å². The van der Waals surface area contributed by atoms with E-state index in [4.69, 9.17) is 0 Å². The van der Waals surface area contributed by atoms with E-state index in [9.17, 15) is 18.0 Å². The second kappa shape index (κ2) is 11.1. The number of rotatable bonds is 8. The van der Waals surface area contributed by atoms with Crippen molar-refractivity contribution in [2.75, 3.05) is 26.2 Å². The third-order valence-electron chi connectivity index (χ3n) is 5.99. The molecule has 1 saturated heterocycles. The van der Waals surface area contributed by atoms with Crippen molar-refractivity contribution in [2.24, 2.45) is 11.8 Å². The van der Waals surface area contributed by atoms with Crippen molar-refractivity contribution in [3.8, 4) is 0 Å². The molecule has 0 radical (unpaired) electrons. The van der Waals surface area contributed by atoms with Crippen LogP contribution in [0.4, 0.5) is 0 Å². The molecule has 1 fully saturated rings. The van der Waals surface area contributed by atoms with Crippen LogP contribution in [0.5, 0.6) is 0 Å². The highest BCUT2D eigenvalue weighted by Crippen LogP contribution is 2.20. The topological polar surface area (TPSA) is 86.8 Å². The molecule has 1 aromatic rings. The van der Waals surface area contributed by atoms with E-state index in [1.54, 1.807) is 26.0 Å². The van der Waals surface area contributed by atoms with Crippen LogP contribution in [0.2, 0.25) is 0 Å². The van der Waals surface area contributed by atoms with Crippen molar-refractivity contribution < 1.29 is 18.0 Å². The molecule has 2 unspecified atom stereocenters. The molecule has 0 aromatic heterocycles. The van der Waals surface area contributed by atoms with Gasteiger partial charge in [-0.1, -0.05) is 40.7 Å². The van der Waals surface area contributed by atoms with Gasteiger partial charge in [-0.3, -0.25) is 9.59 Å². The fourth-order valence-corrected chi connectivity index (χ4v) is 5.43. The van der Waals surface area contributed by atoms with Gasteiger partial charge in [-0.25, -0.2) is 8.42 Å². The number of amides is 2. The molecule has 0 aliphatic carbocycles. The third kappa shape index (κ3) is 6.29. The first-order valence-corrected chi connectivity index (χ1v) is 12.8. The fourth-order valence-electron chi connectivity index (χ4n) is 3.93. The zero-order chi connectivity index (χ0) is 23.2. The predicted molar refractivity (Wildman–Crippen MR) is 122 cm³/mol. The summed E-state index contributed by atoms with van der Waals surface area (Å²) in [5, 5.41) is 2.86. The summed E-state index contributed by atoms with van der Waals surface area (Å²) in [7, 11) is -3.67. The van der Waals surface area contributed by atoms with Gasteiger partial charge in [0.25, 0.3) is 5.91 Å². The van der Waals surface area contributed by atoms with E-state index in [1.807, 2.05) is 18.7 Å². The zero-order valence-corrected chi connectivity index (χ0v) is 20.2. The van der Waals surface area contributed by atoms with E-state index in [1.165, 1.54) is 16.4 Å². The van der Waals surface area contributed by atoms with Crippen molar-refractivity contribution in [3.05, 3.63) is 29.8 Å². The van der Waals surface area contributed by atoms with Crippen LogP contribution in [0.15, 0.2) is 29.2 Å². The minimum absolute atomic E-state index is 0.0654. The molecule has 2 atom stereocenters. The Kier molecular flexibility index (Phi) is 9.06. The maximum absolute atomic E-state index is 13.2. The quantitative estimate of drug-likeness (QED) is 0.658. The molecule has 0 bridgehead atoms. The number of carbonyl (C=O) groups is 2. The Labute approximate surface area is 187 Å². The van der Waals surface area contributed by atoms with Crippen LogP contribution >= 0.6 is 0 Å². The summed E-state index contributed by atoms with van der Waals surface area (Å²) in [4.78, 5) is 28.1. The largest absolute Gasteiger partial charge is 0.341 e.